The van der Waals surface area contributed by atoms with Gasteiger partial charge in [0.05, 0.1) is 18.6 Å². The molecule has 1 aromatic heterocycles. The Morgan fingerprint density at radius 1 is 1.20 bits per heavy atom. The maximum atomic E-state index is 13.4. The van der Waals surface area contributed by atoms with E-state index in [1.165, 1.54) is 17.5 Å². The molecule has 0 bridgehead atoms. The van der Waals surface area contributed by atoms with Gasteiger partial charge < -0.3 is 36.1 Å². The first-order chi connectivity index (χ1) is 19.8. The molecule has 0 aliphatic carbocycles. The van der Waals surface area contributed by atoms with Crippen molar-refractivity contribution in [2.75, 3.05) is 26.4 Å². The lowest BCUT2D eigenvalue weighted by molar-refractivity contribution is -0.151. The highest BCUT2D eigenvalue weighted by molar-refractivity contribution is 7.11. The summed E-state index contributed by atoms with van der Waals surface area (Å²) in [4.78, 5) is 63.9. The Morgan fingerprint density at radius 3 is 2.80 bits per heavy atom. The highest BCUT2D eigenvalue weighted by Gasteiger charge is 2.46. The van der Waals surface area contributed by atoms with Crippen molar-refractivity contribution in [2.24, 2.45) is 16.5 Å². The molecule has 218 valence electrons. The molecule has 4 heterocycles. The third-order valence-corrected chi connectivity index (χ3v) is 8.28. The van der Waals surface area contributed by atoms with Gasteiger partial charge in [-0.25, -0.2) is 4.98 Å². The minimum Gasteiger partial charge on any atom is -0.454 e. The highest BCUT2D eigenvalue weighted by Crippen LogP contribution is 2.33. The molecule has 3 amide bonds. The largest absolute Gasteiger partial charge is 0.454 e. The number of benzene rings is 1. The molecule has 0 saturated carbocycles. The summed E-state index contributed by atoms with van der Waals surface area (Å²) in [6.07, 6.45) is 4.13. The number of nitrogens with one attached hydrogen (secondary N) is 1. The lowest BCUT2D eigenvalue weighted by Gasteiger charge is -2.39. The summed E-state index contributed by atoms with van der Waals surface area (Å²) in [5.41, 5.74) is 11.7. The first kappa shape index (κ1) is 28.3. The summed E-state index contributed by atoms with van der Waals surface area (Å²) in [7, 11) is 0. The number of nitrogens with two attached hydrogens (primary N) is 2. The zero-order chi connectivity index (χ0) is 28.9. The normalized spacial score (nSPS) is 20.0. The van der Waals surface area contributed by atoms with Crippen LogP contribution in [-0.4, -0.2) is 88.8 Å². The summed E-state index contributed by atoms with van der Waals surface area (Å²) >= 11 is 1.20. The number of aromatic nitrogens is 1. The Morgan fingerprint density at radius 2 is 2.02 bits per heavy atom. The Balaban J connectivity index is 1.17. The molecular formula is C27H33N7O6S. The van der Waals surface area contributed by atoms with Crippen LogP contribution in [0.5, 0.6) is 11.5 Å². The SMILES string of the molecule is NC(N)=NCCCC(NC(=O)C1CC[C@H]2CN(C(=O)CCc3ccc4c(c3)OCO4)CC(=O)N12)C(=O)c1nccs1. The van der Waals surface area contributed by atoms with E-state index < -0.39 is 12.1 Å². The molecule has 3 aliphatic rings. The quantitative estimate of drug-likeness (QED) is 0.146. The number of piperazine rings is 1. The van der Waals surface area contributed by atoms with Gasteiger partial charge in [-0.15, -0.1) is 11.3 Å². The van der Waals surface area contributed by atoms with Crippen molar-refractivity contribution in [3.63, 3.8) is 0 Å². The summed E-state index contributed by atoms with van der Waals surface area (Å²) < 4.78 is 10.7. The zero-order valence-electron chi connectivity index (χ0n) is 22.5. The molecule has 2 unspecified atom stereocenters. The summed E-state index contributed by atoms with van der Waals surface area (Å²) in [6.45, 7) is 0.789. The van der Waals surface area contributed by atoms with Crippen LogP contribution in [0.4, 0.5) is 0 Å². The maximum absolute atomic E-state index is 13.4. The fraction of sp³-hybridized carbons (Fsp3) is 0.481. The van der Waals surface area contributed by atoms with Crippen LogP contribution in [0.3, 0.4) is 0 Å². The molecule has 5 rings (SSSR count). The number of thiazole rings is 1. The van der Waals surface area contributed by atoms with Crippen LogP contribution in [0, 0.1) is 0 Å². The van der Waals surface area contributed by atoms with Crippen molar-refractivity contribution >= 4 is 40.8 Å². The van der Waals surface area contributed by atoms with Gasteiger partial charge >= 0.3 is 0 Å². The molecule has 5 N–H and O–H groups in total. The Bertz CT molecular complexity index is 1330. The van der Waals surface area contributed by atoms with E-state index in [9.17, 15) is 19.2 Å². The van der Waals surface area contributed by atoms with Crippen molar-refractivity contribution in [3.05, 3.63) is 40.3 Å². The van der Waals surface area contributed by atoms with Gasteiger partial charge in [0.1, 0.15) is 6.04 Å². The minimum absolute atomic E-state index is 0.0436. The first-order valence-corrected chi connectivity index (χ1v) is 14.4. The average Bonchev–Trinajstić information content (AvgIpc) is 3.73. The van der Waals surface area contributed by atoms with E-state index in [1.807, 2.05) is 18.2 Å². The number of Topliss-reactive ketones (excluding diaryl/α,β-unsaturated/α-hetero) is 1. The Labute approximate surface area is 240 Å². The van der Waals surface area contributed by atoms with E-state index in [0.29, 0.717) is 61.7 Å². The number of fused-ring (bicyclic) bond motifs is 2. The molecule has 0 radical (unpaired) electrons. The number of aryl methyl sites for hydroxylation is 1. The molecule has 2 aromatic rings. The van der Waals surface area contributed by atoms with Gasteiger partial charge in [-0.3, -0.25) is 24.2 Å². The third-order valence-electron chi connectivity index (χ3n) is 7.49. The first-order valence-electron chi connectivity index (χ1n) is 13.6. The van der Waals surface area contributed by atoms with Crippen LogP contribution in [0.15, 0.2) is 34.8 Å². The molecule has 14 heteroatoms. The predicted molar refractivity (Wildman–Crippen MR) is 149 cm³/mol. The molecule has 13 nitrogen and oxygen atoms in total. The fourth-order valence-corrected chi connectivity index (χ4v) is 6.12. The van der Waals surface area contributed by atoms with Crippen LogP contribution in [0.2, 0.25) is 0 Å². The van der Waals surface area contributed by atoms with Gasteiger partial charge in [0.15, 0.2) is 22.5 Å². The predicted octanol–water partition coefficient (Wildman–Crippen LogP) is 0.428. The zero-order valence-corrected chi connectivity index (χ0v) is 23.3. The van der Waals surface area contributed by atoms with Crippen LogP contribution in [-0.2, 0) is 20.8 Å². The van der Waals surface area contributed by atoms with Crippen LogP contribution < -0.4 is 26.3 Å². The van der Waals surface area contributed by atoms with Crippen molar-refractivity contribution in [1.82, 2.24) is 20.1 Å². The number of hydrogen-bond acceptors (Lipinski definition) is 9. The van der Waals surface area contributed by atoms with Gasteiger partial charge in [0.25, 0.3) is 0 Å². The second kappa shape index (κ2) is 12.5. The number of hydrogen-bond donors (Lipinski definition) is 3. The smallest absolute Gasteiger partial charge is 0.243 e. The number of carbonyl (C=O) groups excluding carboxylic acids is 4. The van der Waals surface area contributed by atoms with E-state index in [4.69, 9.17) is 20.9 Å². The van der Waals surface area contributed by atoms with Crippen LogP contribution in [0.1, 0.15) is 47.5 Å². The second-order valence-corrected chi connectivity index (χ2v) is 11.1. The number of rotatable bonds is 11. The van der Waals surface area contributed by atoms with E-state index in [2.05, 4.69) is 15.3 Å². The standard InChI is InChI=1S/C27H33N7O6S/c28-27(29)31-9-1-2-18(24(37)26-30-10-11-41-26)32-25(38)19-6-5-17-13-33(14-23(36)34(17)19)22(35)8-4-16-3-7-20-21(12-16)40-15-39-20/h3,7,10-12,17-19H,1-2,4-6,8-9,13-15H2,(H,32,38)(H4,28,29,31)/t17-,18?,19?/m0/s1. The van der Waals surface area contributed by atoms with Gasteiger partial charge in [0, 0.05) is 31.1 Å². The van der Waals surface area contributed by atoms with Crippen molar-refractivity contribution in [2.45, 2.75) is 56.7 Å². The number of carbonyl (C=O) groups is 4. The van der Waals surface area contributed by atoms with Crippen LogP contribution in [0.25, 0.3) is 0 Å². The lowest BCUT2D eigenvalue weighted by atomic mass is 10.1. The topological polar surface area (TPSA) is 183 Å². The maximum Gasteiger partial charge on any atom is 0.243 e. The molecule has 3 aliphatic heterocycles. The average molecular weight is 584 g/mol. The number of amides is 3. The second-order valence-electron chi connectivity index (χ2n) is 10.2. The summed E-state index contributed by atoms with van der Waals surface area (Å²) in [5.74, 6) is 0.240. The van der Waals surface area contributed by atoms with Crippen molar-refractivity contribution in [3.8, 4) is 11.5 Å². The molecule has 41 heavy (non-hydrogen) atoms. The fourth-order valence-electron chi connectivity index (χ4n) is 5.49. The molecule has 3 atom stereocenters. The van der Waals surface area contributed by atoms with E-state index >= 15 is 0 Å². The van der Waals surface area contributed by atoms with Gasteiger partial charge in [-0.2, -0.15) is 0 Å². The number of ether oxygens (including phenoxy) is 2. The number of aliphatic imine (C=N–C) groups is 1. The summed E-state index contributed by atoms with van der Waals surface area (Å²) in [5, 5.41) is 4.85. The van der Waals surface area contributed by atoms with E-state index in [1.54, 1.807) is 15.2 Å². The van der Waals surface area contributed by atoms with Gasteiger partial charge in [0.2, 0.25) is 30.3 Å². The molecule has 0 spiro atoms. The highest BCUT2D eigenvalue weighted by atomic mass is 32.1. The minimum atomic E-state index is -0.823. The van der Waals surface area contributed by atoms with Gasteiger partial charge in [-0.05, 0) is 49.8 Å². The Hall–Kier alpha value is -4.20. The summed E-state index contributed by atoms with van der Waals surface area (Å²) in [6, 6.07) is 3.81. The number of guanidine groups is 1. The molecular weight excluding hydrogens is 550 g/mol. The number of ketones is 1. The number of nitrogens with zero attached hydrogens (tertiary/aromatic N) is 4. The molecule has 2 saturated heterocycles. The van der Waals surface area contributed by atoms with Gasteiger partial charge in [-0.1, -0.05) is 6.07 Å². The monoisotopic (exact) mass is 583 g/mol. The van der Waals surface area contributed by atoms with E-state index in [0.717, 1.165) is 5.56 Å². The molecule has 2 fully saturated rings. The van der Waals surface area contributed by atoms with Crippen LogP contribution >= 0.6 is 11.3 Å². The van der Waals surface area contributed by atoms with Crippen molar-refractivity contribution < 1.29 is 28.7 Å². The lowest BCUT2D eigenvalue weighted by Crippen LogP contribution is -2.60. The third kappa shape index (κ3) is 6.59. The molecule has 1 aromatic carbocycles. The van der Waals surface area contributed by atoms with E-state index in [-0.39, 0.29) is 55.3 Å². The Kier molecular flexibility index (Phi) is 8.67. The van der Waals surface area contributed by atoms with Crippen molar-refractivity contribution in [1.29, 1.82) is 0 Å².